The number of hydrogen-bond acceptors (Lipinski definition) is 3. The van der Waals surface area contributed by atoms with Gasteiger partial charge in [0.2, 0.25) is 0 Å². The number of nitrogens with zero attached hydrogens (tertiary/aromatic N) is 1. The Morgan fingerprint density at radius 3 is 2.57 bits per heavy atom. The van der Waals surface area contributed by atoms with Crippen LogP contribution in [0.2, 0.25) is 0 Å². The maximum absolute atomic E-state index is 11.7. The molecular weight excluding hydrogens is 264 g/mol. The number of alkyl carbamates (subject to hydrolysis) is 1. The summed E-state index contributed by atoms with van der Waals surface area (Å²) < 4.78 is 5.26. The third kappa shape index (κ3) is 7.21. The van der Waals surface area contributed by atoms with Gasteiger partial charge in [-0.3, -0.25) is 0 Å². The van der Waals surface area contributed by atoms with Gasteiger partial charge in [0, 0.05) is 25.3 Å². The number of carbonyl (C=O) groups is 1. The van der Waals surface area contributed by atoms with Crippen molar-refractivity contribution in [3.8, 4) is 0 Å². The zero-order valence-electron chi connectivity index (χ0n) is 14.3. The van der Waals surface area contributed by atoms with Crippen LogP contribution in [0.5, 0.6) is 0 Å². The number of ether oxygens (including phenoxy) is 1. The Balaban J connectivity index is 2.33. The highest BCUT2D eigenvalue weighted by Gasteiger charge is 2.18. The first-order valence-electron chi connectivity index (χ1n) is 7.74. The highest BCUT2D eigenvalue weighted by Crippen LogP contribution is 2.20. The summed E-state index contributed by atoms with van der Waals surface area (Å²) in [5, 5.41) is 2.88. The minimum absolute atomic E-state index is 0.101. The van der Waals surface area contributed by atoms with Crippen molar-refractivity contribution < 1.29 is 9.53 Å². The van der Waals surface area contributed by atoms with E-state index < -0.39 is 5.60 Å². The van der Waals surface area contributed by atoms with Gasteiger partial charge in [-0.25, -0.2) is 4.79 Å². The normalized spacial score (nSPS) is 16.7. The molecule has 1 amide bonds. The predicted octanol–water partition coefficient (Wildman–Crippen LogP) is 3.85. The van der Waals surface area contributed by atoms with Gasteiger partial charge in [0.1, 0.15) is 5.60 Å². The summed E-state index contributed by atoms with van der Waals surface area (Å²) >= 11 is 0. The molecule has 0 spiro atoms. The van der Waals surface area contributed by atoms with Gasteiger partial charge in [0.15, 0.2) is 0 Å². The molecule has 0 aromatic rings. The Morgan fingerprint density at radius 2 is 2.05 bits per heavy atom. The van der Waals surface area contributed by atoms with Crippen molar-refractivity contribution in [3.63, 3.8) is 0 Å². The topological polar surface area (TPSA) is 41.6 Å². The number of nitrogens with one attached hydrogen (secondary N) is 1. The third-order valence-corrected chi connectivity index (χ3v) is 3.49. The van der Waals surface area contributed by atoms with E-state index in [0.29, 0.717) is 0 Å². The lowest BCUT2D eigenvalue weighted by atomic mass is 10.0. The average molecular weight is 294 g/mol. The quantitative estimate of drug-likeness (QED) is 0.837. The van der Waals surface area contributed by atoms with Crippen LogP contribution < -0.4 is 5.32 Å². The largest absolute Gasteiger partial charge is 0.444 e. The molecule has 21 heavy (non-hydrogen) atoms. The van der Waals surface area contributed by atoms with Crippen molar-refractivity contribution in [1.29, 1.82) is 0 Å². The summed E-state index contributed by atoms with van der Waals surface area (Å²) in [6, 6.07) is 0.101. The van der Waals surface area contributed by atoms with Crippen LogP contribution in [0, 0.1) is 0 Å². The van der Waals surface area contributed by atoms with Crippen LogP contribution in [0.1, 0.15) is 53.9 Å². The number of rotatable bonds is 5. The van der Waals surface area contributed by atoms with Crippen molar-refractivity contribution in [2.24, 2.45) is 0 Å². The molecule has 4 heteroatoms. The summed E-state index contributed by atoms with van der Waals surface area (Å²) in [6.07, 6.45) is 7.19. The van der Waals surface area contributed by atoms with Crippen molar-refractivity contribution in [2.45, 2.75) is 65.5 Å². The molecule has 1 atom stereocenters. The van der Waals surface area contributed by atoms with Crippen LogP contribution in [0.3, 0.4) is 0 Å². The summed E-state index contributed by atoms with van der Waals surface area (Å²) in [5.41, 5.74) is 2.36. The van der Waals surface area contributed by atoms with E-state index >= 15 is 0 Å². The maximum atomic E-state index is 11.7. The molecule has 4 nitrogen and oxygen atoms in total. The Hall–Kier alpha value is -1.45. The Morgan fingerprint density at radius 1 is 1.38 bits per heavy atom. The molecule has 1 N–H and O–H groups in total. The molecule has 0 radical (unpaired) electrons. The first-order valence-corrected chi connectivity index (χ1v) is 7.74. The molecule has 1 rings (SSSR count). The fraction of sp³-hybridized carbons (Fsp3) is 0.706. The smallest absolute Gasteiger partial charge is 0.407 e. The Labute approximate surface area is 129 Å². The molecule has 0 fully saturated rings. The van der Waals surface area contributed by atoms with E-state index in [1.165, 1.54) is 11.3 Å². The maximum Gasteiger partial charge on any atom is 0.407 e. The van der Waals surface area contributed by atoms with Gasteiger partial charge in [-0.15, -0.1) is 0 Å². The summed E-state index contributed by atoms with van der Waals surface area (Å²) in [4.78, 5) is 14.0. The van der Waals surface area contributed by atoms with Crippen molar-refractivity contribution in [2.75, 3.05) is 13.6 Å². The van der Waals surface area contributed by atoms with E-state index in [4.69, 9.17) is 4.74 Å². The van der Waals surface area contributed by atoms with Gasteiger partial charge in [0.05, 0.1) is 0 Å². The van der Waals surface area contributed by atoms with Crippen LogP contribution in [-0.4, -0.2) is 36.2 Å². The average Bonchev–Trinajstić information content (AvgIpc) is 2.34. The molecular formula is C17H30N2O2. The monoisotopic (exact) mass is 294 g/mol. The second-order valence-corrected chi connectivity index (χ2v) is 6.93. The van der Waals surface area contributed by atoms with Gasteiger partial charge in [-0.1, -0.05) is 11.6 Å². The highest BCUT2D eigenvalue weighted by molar-refractivity contribution is 5.67. The third-order valence-electron chi connectivity index (χ3n) is 3.49. The highest BCUT2D eigenvalue weighted by atomic mass is 16.6. The molecule has 0 bridgehead atoms. The fourth-order valence-corrected chi connectivity index (χ4v) is 2.16. The predicted molar refractivity (Wildman–Crippen MR) is 87.2 cm³/mol. The number of allylic oxidation sites excluding steroid dienone is 4. The SMILES string of the molecule is CC1=CC=C(N(C)CCC(C)NC(=O)OC(C)(C)C)CC1. The number of amides is 1. The van der Waals surface area contributed by atoms with Gasteiger partial charge in [0.25, 0.3) is 0 Å². The molecule has 1 unspecified atom stereocenters. The molecule has 0 aromatic heterocycles. The molecule has 1 aliphatic rings. The van der Waals surface area contributed by atoms with Crippen molar-refractivity contribution in [3.05, 3.63) is 23.4 Å². The second-order valence-electron chi connectivity index (χ2n) is 6.93. The molecule has 0 aliphatic heterocycles. The van der Waals surface area contributed by atoms with Crippen LogP contribution in [0.15, 0.2) is 23.4 Å². The zero-order valence-corrected chi connectivity index (χ0v) is 14.3. The first-order chi connectivity index (χ1) is 9.67. The molecule has 0 saturated heterocycles. The standard InChI is InChI=1S/C17H30N2O2/c1-13-7-9-15(10-8-13)19(6)12-11-14(2)18-16(20)21-17(3,4)5/h7,9,14H,8,10-12H2,1-6H3,(H,18,20). The van der Waals surface area contributed by atoms with Crippen LogP contribution >= 0.6 is 0 Å². The van der Waals surface area contributed by atoms with Crippen molar-refractivity contribution in [1.82, 2.24) is 10.2 Å². The molecule has 0 saturated carbocycles. The van der Waals surface area contributed by atoms with Gasteiger partial charge in [-0.2, -0.15) is 0 Å². The van der Waals surface area contributed by atoms with E-state index in [9.17, 15) is 4.79 Å². The summed E-state index contributed by atoms with van der Waals surface area (Å²) in [6.45, 7) is 10.7. The number of carbonyl (C=O) groups excluding carboxylic acids is 1. The van der Waals surface area contributed by atoms with E-state index in [2.05, 4.69) is 36.3 Å². The summed E-state index contributed by atoms with van der Waals surface area (Å²) in [7, 11) is 2.11. The molecule has 0 heterocycles. The van der Waals surface area contributed by atoms with Crippen molar-refractivity contribution >= 4 is 6.09 Å². The van der Waals surface area contributed by atoms with E-state index in [-0.39, 0.29) is 12.1 Å². The zero-order chi connectivity index (χ0) is 16.0. The fourth-order valence-electron chi connectivity index (χ4n) is 2.16. The van der Waals surface area contributed by atoms with Gasteiger partial charge in [-0.05, 0) is 60.0 Å². The number of hydrogen-bond donors (Lipinski definition) is 1. The lowest BCUT2D eigenvalue weighted by Crippen LogP contribution is -2.39. The molecule has 0 aromatic carbocycles. The first kappa shape index (κ1) is 17.6. The Bertz CT molecular complexity index is 419. The minimum atomic E-state index is -0.447. The lowest BCUT2D eigenvalue weighted by Gasteiger charge is -2.27. The summed E-state index contributed by atoms with van der Waals surface area (Å²) in [5.74, 6) is 0. The molecule has 1 aliphatic carbocycles. The lowest BCUT2D eigenvalue weighted by molar-refractivity contribution is 0.0505. The van der Waals surface area contributed by atoms with Crippen LogP contribution in [0.4, 0.5) is 4.79 Å². The van der Waals surface area contributed by atoms with E-state index in [1.54, 1.807) is 0 Å². The van der Waals surface area contributed by atoms with E-state index in [0.717, 1.165) is 25.8 Å². The van der Waals surface area contributed by atoms with Crippen LogP contribution in [0.25, 0.3) is 0 Å². The van der Waals surface area contributed by atoms with Gasteiger partial charge < -0.3 is 15.0 Å². The minimum Gasteiger partial charge on any atom is -0.444 e. The van der Waals surface area contributed by atoms with Gasteiger partial charge >= 0.3 is 6.09 Å². The van der Waals surface area contributed by atoms with Crippen LogP contribution in [-0.2, 0) is 4.74 Å². The Kier molecular flexibility index (Phi) is 6.31. The second kappa shape index (κ2) is 7.53. The van der Waals surface area contributed by atoms with E-state index in [1.807, 2.05) is 27.7 Å². The molecule has 120 valence electrons.